The number of allylic oxidation sites excluding steroid dienone is 1. The number of anilines is 2. The Hall–Kier alpha value is -4.84. The largest absolute Gasteiger partial charge is 0.509 e. The number of hydrogen-bond acceptors (Lipinski definition) is 10. The zero-order valence-corrected chi connectivity index (χ0v) is 23.5. The molecule has 0 fully saturated rings. The van der Waals surface area contributed by atoms with E-state index in [-0.39, 0.29) is 35.3 Å². The van der Waals surface area contributed by atoms with Gasteiger partial charge < -0.3 is 41.3 Å². The molecule has 220 valence electrons. The number of phenolic OH excluding ortho intramolecular Hbond substituents is 1. The van der Waals surface area contributed by atoms with Gasteiger partial charge in [-0.1, -0.05) is 0 Å². The van der Waals surface area contributed by atoms with E-state index >= 15 is 0 Å². The van der Waals surface area contributed by atoms with Crippen molar-refractivity contribution in [1.82, 2.24) is 5.32 Å². The number of fused-ring (bicyclic) bond motifs is 3. The highest BCUT2D eigenvalue weighted by Crippen LogP contribution is 2.52. The molecular formula is C30H32N4O8. The number of amides is 2. The van der Waals surface area contributed by atoms with Crippen LogP contribution in [0.2, 0.25) is 0 Å². The van der Waals surface area contributed by atoms with Crippen LogP contribution in [0, 0.1) is 11.8 Å². The Labute approximate surface area is 241 Å². The van der Waals surface area contributed by atoms with Crippen molar-refractivity contribution in [3.05, 3.63) is 75.8 Å². The third-order valence-electron chi connectivity index (χ3n) is 8.47. The van der Waals surface area contributed by atoms with Gasteiger partial charge in [-0.25, -0.2) is 0 Å². The summed E-state index contributed by atoms with van der Waals surface area (Å²) in [5.74, 6) is -8.53. The minimum absolute atomic E-state index is 0.0659. The van der Waals surface area contributed by atoms with Crippen molar-refractivity contribution >= 4 is 34.8 Å². The highest BCUT2D eigenvalue weighted by atomic mass is 16.3. The van der Waals surface area contributed by atoms with E-state index in [0.29, 0.717) is 11.3 Å². The van der Waals surface area contributed by atoms with Crippen LogP contribution in [0.5, 0.6) is 5.75 Å². The standard InChI is InChI=1S/C30H32N4O8/c1-33(2)15-7-5-13(6-8-15)29(41)32-23-17-12-14-11-16-18(34(3)4)9-10-19(35)21(16)24(36)20(14)26(38)30(17,42)27(39)22(25(23)37)28(31)40/h5-10,14,17,23,35,37-38,42H,11-12H2,1-4H3,(H2,31,40)(H,32,41)/t14-,17-,23?,30-/m0/s1. The van der Waals surface area contributed by atoms with Crippen molar-refractivity contribution < 1.29 is 39.6 Å². The van der Waals surface area contributed by atoms with Gasteiger partial charge in [0, 0.05) is 56.6 Å². The van der Waals surface area contributed by atoms with Crippen LogP contribution >= 0.6 is 0 Å². The fraction of sp³-hybridized carbons (Fsp3) is 0.333. The van der Waals surface area contributed by atoms with Crippen molar-refractivity contribution in [3.63, 3.8) is 0 Å². The summed E-state index contributed by atoms with van der Waals surface area (Å²) < 4.78 is 0. The molecule has 0 aromatic heterocycles. The van der Waals surface area contributed by atoms with E-state index in [1.54, 1.807) is 49.3 Å². The molecule has 2 aromatic carbocycles. The minimum Gasteiger partial charge on any atom is -0.509 e. The van der Waals surface area contributed by atoms with Crippen LogP contribution < -0.4 is 20.9 Å². The Morgan fingerprint density at radius 2 is 1.62 bits per heavy atom. The summed E-state index contributed by atoms with van der Waals surface area (Å²) >= 11 is 0. The quantitative estimate of drug-likeness (QED) is 0.281. The van der Waals surface area contributed by atoms with E-state index in [1.165, 1.54) is 6.07 Å². The predicted octanol–water partition coefficient (Wildman–Crippen LogP) is 1.12. The number of nitrogens with one attached hydrogen (secondary N) is 1. The molecule has 4 atom stereocenters. The number of ketones is 2. The fourth-order valence-electron chi connectivity index (χ4n) is 6.38. The molecule has 0 bridgehead atoms. The number of Topliss-reactive ketones (excluding diaryl/α,β-unsaturated/α-hetero) is 2. The number of aliphatic hydroxyl groups is 3. The second-order valence-electron chi connectivity index (χ2n) is 11.3. The summed E-state index contributed by atoms with van der Waals surface area (Å²) in [7, 11) is 7.20. The van der Waals surface area contributed by atoms with E-state index in [2.05, 4.69) is 5.32 Å². The first kappa shape index (κ1) is 28.7. The van der Waals surface area contributed by atoms with Crippen LogP contribution in [-0.2, 0) is 16.0 Å². The summed E-state index contributed by atoms with van der Waals surface area (Å²) in [4.78, 5) is 56.5. The Kier molecular flexibility index (Phi) is 6.77. The topological polar surface area (TPSA) is 194 Å². The fourth-order valence-corrected chi connectivity index (χ4v) is 6.38. The Morgan fingerprint density at radius 3 is 2.19 bits per heavy atom. The van der Waals surface area contributed by atoms with Crippen LogP contribution in [-0.4, -0.2) is 83.6 Å². The summed E-state index contributed by atoms with van der Waals surface area (Å²) in [5, 5.41) is 47.6. The molecule has 0 heterocycles. The maximum atomic E-state index is 13.7. The molecule has 0 saturated heterocycles. The number of primary amides is 1. The van der Waals surface area contributed by atoms with Crippen LogP contribution in [0.1, 0.15) is 32.7 Å². The summed E-state index contributed by atoms with van der Waals surface area (Å²) in [6.07, 6.45) is -0.00107. The van der Waals surface area contributed by atoms with Crippen LogP contribution in [0.25, 0.3) is 0 Å². The molecule has 5 rings (SSSR count). The van der Waals surface area contributed by atoms with Crippen molar-refractivity contribution in [3.8, 4) is 5.75 Å². The normalized spacial score (nSPS) is 24.9. The molecule has 1 unspecified atom stereocenters. The average molecular weight is 577 g/mol. The van der Waals surface area contributed by atoms with Crippen molar-refractivity contribution in [2.45, 2.75) is 24.5 Å². The summed E-state index contributed by atoms with van der Waals surface area (Å²) in [6, 6.07) is 7.96. The molecule has 0 aliphatic heterocycles. The van der Waals surface area contributed by atoms with Gasteiger partial charge >= 0.3 is 0 Å². The number of nitrogens with two attached hydrogens (primary N) is 1. The molecule has 2 aromatic rings. The number of rotatable bonds is 5. The number of benzene rings is 2. The van der Waals surface area contributed by atoms with Gasteiger partial charge in [0.15, 0.2) is 11.4 Å². The number of aromatic hydroxyl groups is 1. The molecule has 3 aliphatic rings. The zero-order chi connectivity index (χ0) is 30.8. The third kappa shape index (κ3) is 4.09. The molecule has 0 spiro atoms. The van der Waals surface area contributed by atoms with E-state index in [1.807, 2.05) is 19.0 Å². The highest BCUT2D eigenvalue weighted by Gasteiger charge is 2.63. The van der Waals surface area contributed by atoms with Gasteiger partial charge in [0.25, 0.3) is 11.8 Å². The second-order valence-corrected chi connectivity index (χ2v) is 11.3. The van der Waals surface area contributed by atoms with Crippen molar-refractivity contribution in [2.24, 2.45) is 17.6 Å². The zero-order valence-electron chi connectivity index (χ0n) is 23.5. The second kappa shape index (κ2) is 9.91. The smallest absolute Gasteiger partial charge is 0.255 e. The SMILES string of the molecule is CN(C)c1ccc(C(=O)NC2C(O)=C(C(N)=O)C(=O)[C@@]3(O)C(O)=C4C(=O)c5c(O)ccc(N(C)C)c5C[C@H]4C[C@@H]23)cc1. The van der Waals surface area contributed by atoms with Gasteiger partial charge in [0.2, 0.25) is 5.78 Å². The first-order valence-corrected chi connectivity index (χ1v) is 13.3. The van der Waals surface area contributed by atoms with Crippen molar-refractivity contribution in [1.29, 1.82) is 0 Å². The van der Waals surface area contributed by atoms with E-state index in [4.69, 9.17) is 5.73 Å². The first-order valence-electron chi connectivity index (χ1n) is 13.3. The van der Waals surface area contributed by atoms with Crippen LogP contribution in [0.3, 0.4) is 0 Å². The number of nitrogens with zero attached hydrogens (tertiary/aromatic N) is 2. The monoisotopic (exact) mass is 576 g/mol. The van der Waals surface area contributed by atoms with Crippen molar-refractivity contribution in [2.75, 3.05) is 38.0 Å². The van der Waals surface area contributed by atoms with Gasteiger partial charge in [0.1, 0.15) is 22.8 Å². The lowest BCUT2D eigenvalue weighted by molar-refractivity contribution is -0.146. The van der Waals surface area contributed by atoms with Gasteiger partial charge in [-0.2, -0.15) is 0 Å². The number of phenols is 1. The Balaban J connectivity index is 1.63. The Morgan fingerprint density at radius 1 is 0.976 bits per heavy atom. The number of hydrogen-bond donors (Lipinski definition) is 6. The first-order chi connectivity index (χ1) is 19.7. The lowest BCUT2D eigenvalue weighted by atomic mass is 9.58. The Bertz CT molecular complexity index is 1610. The molecule has 12 nitrogen and oxygen atoms in total. The molecule has 7 N–H and O–H groups in total. The molecule has 42 heavy (non-hydrogen) atoms. The van der Waals surface area contributed by atoms with Gasteiger partial charge in [-0.15, -0.1) is 0 Å². The molecule has 2 amide bonds. The van der Waals surface area contributed by atoms with Gasteiger partial charge in [-0.3, -0.25) is 19.2 Å². The third-order valence-corrected chi connectivity index (χ3v) is 8.47. The number of carbonyl (C=O) groups excluding carboxylic acids is 4. The maximum Gasteiger partial charge on any atom is 0.255 e. The lowest BCUT2D eigenvalue weighted by Crippen LogP contribution is -2.64. The lowest BCUT2D eigenvalue weighted by Gasteiger charge is -2.48. The molecular weight excluding hydrogens is 544 g/mol. The predicted molar refractivity (Wildman–Crippen MR) is 153 cm³/mol. The average Bonchev–Trinajstić information content (AvgIpc) is 2.92. The minimum atomic E-state index is -2.86. The van der Waals surface area contributed by atoms with Crippen LogP contribution in [0.15, 0.2) is 59.1 Å². The summed E-state index contributed by atoms with van der Waals surface area (Å²) in [5.41, 5.74) is 3.38. The molecule has 0 saturated carbocycles. The molecule has 0 radical (unpaired) electrons. The van der Waals surface area contributed by atoms with Gasteiger partial charge in [-0.05, 0) is 60.7 Å². The summed E-state index contributed by atoms with van der Waals surface area (Å²) in [6.45, 7) is 0. The van der Waals surface area contributed by atoms with Gasteiger partial charge in [0.05, 0.1) is 11.6 Å². The van der Waals surface area contributed by atoms with Crippen LogP contribution in [0.4, 0.5) is 11.4 Å². The number of carbonyl (C=O) groups is 4. The molecule has 12 heteroatoms. The number of aliphatic hydroxyl groups excluding tert-OH is 2. The van der Waals surface area contributed by atoms with E-state index < -0.39 is 64.0 Å². The highest BCUT2D eigenvalue weighted by molar-refractivity contribution is 6.25. The van der Waals surface area contributed by atoms with E-state index in [9.17, 15) is 39.6 Å². The maximum absolute atomic E-state index is 13.7. The van der Waals surface area contributed by atoms with E-state index in [0.717, 1.165) is 5.69 Å². The molecule has 3 aliphatic carbocycles.